The third-order valence-corrected chi connectivity index (χ3v) is 7.66. The molecule has 7 nitrogen and oxygen atoms in total. The third-order valence-electron chi connectivity index (χ3n) is 6.88. The van der Waals surface area contributed by atoms with E-state index in [0.717, 1.165) is 44.8 Å². The molecule has 0 saturated carbocycles. The molecule has 9 heteroatoms. The zero-order valence-corrected chi connectivity index (χ0v) is 25.5. The Morgan fingerprint density at radius 3 is 2.63 bits per heavy atom. The average molecular weight is 614 g/mol. The van der Waals surface area contributed by atoms with Crippen molar-refractivity contribution >= 4 is 57.7 Å². The SMILES string of the molecule is CC(=O)Nc1ccc(/C=C/C(=O)NCc2cccn2-c2ccc(Cl)c(COc3cccc4ccc(C)nc34)c2Cl)cc1C. The van der Waals surface area contributed by atoms with Crippen molar-refractivity contribution in [1.29, 1.82) is 0 Å². The maximum absolute atomic E-state index is 12.6. The van der Waals surface area contributed by atoms with Crippen molar-refractivity contribution in [3.8, 4) is 11.4 Å². The Kier molecular flexibility index (Phi) is 9.14. The van der Waals surface area contributed by atoms with Gasteiger partial charge in [0.25, 0.3) is 0 Å². The Bertz CT molecular complexity index is 1860. The van der Waals surface area contributed by atoms with Crippen LogP contribution in [-0.2, 0) is 22.7 Å². The molecule has 218 valence electrons. The maximum Gasteiger partial charge on any atom is 0.244 e. The summed E-state index contributed by atoms with van der Waals surface area (Å²) in [6, 6.07) is 22.8. The fraction of sp³-hybridized carbons (Fsp3) is 0.147. The van der Waals surface area contributed by atoms with Crippen molar-refractivity contribution in [2.24, 2.45) is 0 Å². The Morgan fingerprint density at radius 2 is 1.84 bits per heavy atom. The molecule has 2 amide bonds. The molecule has 3 aromatic carbocycles. The molecule has 0 atom stereocenters. The van der Waals surface area contributed by atoms with Crippen LogP contribution in [0.2, 0.25) is 10.0 Å². The molecule has 2 aromatic heterocycles. The Labute approximate surface area is 260 Å². The van der Waals surface area contributed by atoms with Crippen LogP contribution in [0.3, 0.4) is 0 Å². The molecule has 0 aliphatic carbocycles. The highest BCUT2D eigenvalue weighted by atomic mass is 35.5. The van der Waals surface area contributed by atoms with E-state index in [1.165, 1.54) is 13.0 Å². The molecule has 0 bridgehead atoms. The molecule has 0 saturated heterocycles. The number of para-hydroxylation sites is 1. The summed E-state index contributed by atoms with van der Waals surface area (Å²) in [5.74, 6) is 0.273. The van der Waals surface area contributed by atoms with E-state index >= 15 is 0 Å². The molecule has 0 unspecified atom stereocenters. The second-order valence-corrected chi connectivity index (χ2v) is 10.9. The maximum atomic E-state index is 12.6. The van der Waals surface area contributed by atoms with Crippen LogP contribution in [0.15, 0.2) is 85.1 Å². The van der Waals surface area contributed by atoms with Gasteiger partial charge in [-0.15, -0.1) is 0 Å². The highest BCUT2D eigenvalue weighted by Gasteiger charge is 2.16. The van der Waals surface area contributed by atoms with Gasteiger partial charge in [-0.1, -0.05) is 47.5 Å². The van der Waals surface area contributed by atoms with Crippen molar-refractivity contribution in [2.45, 2.75) is 33.9 Å². The number of hydrogen-bond donors (Lipinski definition) is 2. The molecule has 2 N–H and O–H groups in total. The van der Waals surface area contributed by atoms with E-state index < -0.39 is 0 Å². The van der Waals surface area contributed by atoms with Crippen molar-refractivity contribution in [1.82, 2.24) is 14.9 Å². The predicted molar refractivity (Wildman–Crippen MR) is 173 cm³/mol. The fourth-order valence-corrected chi connectivity index (χ4v) is 5.28. The molecule has 5 aromatic rings. The van der Waals surface area contributed by atoms with Crippen LogP contribution in [0, 0.1) is 13.8 Å². The second kappa shape index (κ2) is 13.2. The van der Waals surface area contributed by atoms with Crippen LogP contribution >= 0.6 is 23.2 Å². The van der Waals surface area contributed by atoms with Gasteiger partial charge in [-0.2, -0.15) is 0 Å². The van der Waals surface area contributed by atoms with Crippen LogP contribution in [0.1, 0.15) is 35.0 Å². The van der Waals surface area contributed by atoms with Crippen molar-refractivity contribution in [3.05, 3.63) is 123 Å². The summed E-state index contributed by atoms with van der Waals surface area (Å²) in [5, 5.41) is 7.64. The molecule has 0 spiro atoms. The van der Waals surface area contributed by atoms with Crippen LogP contribution in [0.4, 0.5) is 5.69 Å². The van der Waals surface area contributed by atoms with Crippen LogP contribution in [0.5, 0.6) is 5.75 Å². The van der Waals surface area contributed by atoms with E-state index in [4.69, 9.17) is 27.9 Å². The van der Waals surface area contributed by atoms with Gasteiger partial charge in [0.2, 0.25) is 11.8 Å². The van der Waals surface area contributed by atoms with Gasteiger partial charge in [0, 0.05) is 52.2 Å². The van der Waals surface area contributed by atoms with E-state index in [9.17, 15) is 9.59 Å². The summed E-state index contributed by atoms with van der Waals surface area (Å²) < 4.78 is 8.09. The van der Waals surface area contributed by atoms with E-state index in [0.29, 0.717) is 21.4 Å². The Morgan fingerprint density at radius 1 is 1.00 bits per heavy atom. The summed E-state index contributed by atoms with van der Waals surface area (Å²) >= 11 is 13.5. The van der Waals surface area contributed by atoms with Crippen molar-refractivity contribution < 1.29 is 14.3 Å². The summed E-state index contributed by atoms with van der Waals surface area (Å²) in [5.41, 5.74) is 6.38. The topological polar surface area (TPSA) is 85.2 Å². The second-order valence-electron chi connectivity index (χ2n) is 10.1. The van der Waals surface area contributed by atoms with Crippen molar-refractivity contribution in [2.75, 3.05) is 5.32 Å². The molecule has 0 fully saturated rings. The molecule has 0 radical (unpaired) electrons. The minimum atomic E-state index is -0.244. The van der Waals surface area contributed by atoms with Crippen LogP contribution in [-0.4, -0.2) is 21.4 Å². The summed E-state index contributed by atoms with van der Waals surface area (Å²) in [6.45, 7) is 5.74. The monoisotopic (exact) mass is 612 g/mol. The largest absolute Gasteiger partial charge is 0.487 e. The number of fused-ring (bicyclic) bond motifs is 1. The van der Waals surface area contributed by atoms with Gasteiger partial charge in [-0.25, -0.2) is 4.98 Å². The van der Waals surface area contributed by atoms with E-state index in [1.807, 2.05) is 91.3 Å². The number of rotatable bonds is 9. The summed E-state index contributed by atoms with van der Waals surface area (Å²) in [4.78, 5) is 28.6. The number of hydrogen-bond acceptors (Lipinski definition) is 4. The van der Waals surface area contributed by atoms with E-state index in [2.05, 4.69) is 15.6 Å². The minimum Gasteiger partial charge on any atom is -0.487 e. The average Bonchev–Trinajstić information content (AvgIpc) is 3.44. The summed E-state index contributed by atoms with van der Waals surface area (Å²) in [7, 11) is 0. The quantitative estimate of drug-likeness (QED) is 0.166. The first-order valence-electron chi connectivity index (χ1n) is 13.7. The number of nitrogens with zero attached hydrogens (tertiary/aromatic N) is 2. The van der Waals surface area contributed by atoms with Gasteiger partial charge in [0.05, 0.1) is 17.3 Å². The first kappa shape index (κ1) is 29.9. The standard InChI is InChI=1S/C34H30Cl2N4O3/c1-21-18-24(10-14-29(21)39-23(3)41)11-16-32(42)37-19-26-7-5-17-40(26)30-15-13-28(35)27(33(30)36)20-43-31-8-4-6-25-12-9-22(2)38-34(25)31/h4-18H,19-20H2,1-3H3,(H,37,42)(H,39,41)/b16-11+. The van der Waals surface area contributed by atoms with Crippen LogP contribution < -0.4 is 15.4 Å². The van der Waals surface area contributed by atoms with Gasteiger partial charge < -0.3 is 19.9 Å². The number of nitrogens with one attached hydrogen (secondary N) is 2. The number of carbonyl (C=O) groups excluding carboxylic acids is 2. The zero-order valence-electron chi connectivity index (χ0n) is 23.9. The van der Waals surface area contributed by atoms with Gasteiger partial charge in [-0.05, 0) is 79.6 Å². The fourth-order valence-electron chi connectivity index (χ4n) is 4.71. The number of carbonyl (C=O) groups is 2. The minimum absolute atomic E-state index is 0.131. The normalized spacial score (nSPS) is 11.2. The molecule has 5 rings (SSSR count). The van der Waals surface area contributed by atoms with E-state index in [-0.39, 0.29) is 25.0 Å². The number of benzene rings is 3. The van der Waals surface area contributed by atoms with E-state index in [1.54, 1.807) is 12.1 Å². The first-order chi connectivity index (χ1) is 20.7. The zero-order chi connectivity index (χ0) is 30.5. The molecule has 0 aliphatic heterocycles. The third kappa shape index (κ3) is 7.08. The lowest BCUT2D eigenvalue weighted by molar-refractivity contribution is -0.116. The van der Waals surface area contributed by atoms with Gasteiger partial charge >= 0.3 is 0 Å². The van der Waals surface area contributed by atoms with Gasteiger partial charge in [0.1, 0.15) is 17.9 Å². The number of ether oxygens (including phenoxy) is 1. The van der Waals surface area contributed by atoms with Crippen LogP contribution in [0.25, 0.3) is 22.7 Å². The van der Waals surface area contributed by atoms with Gasteiger partial charge in [0.15, 0.2) is 0 Å². The molecule has 43 heavy (non-hydrogen) atoms. The summed E-state index contributed by atoms with van der Waals surface area (Å²) in [6.07, 6.45) is 5.09. The molecular formula is C34H30Cl2N4O3. The number of amides is 2. The number of pyridine rings is 1. The lowest BCUT2D eigenvalue weighted by atomic mass is 10.1. The highest BCUT2D eigenvalue weighted by molar-refractivity contribution is 6.37. The number of aryl methyl sites for hydroxylation is 2. The molecule has 0 aliphatic rings. The van der Waals surface area contributed by atoms with Crippen molar-refractivity contribution in [3.63, 3.8) is 0 Å². The van der Waals surface area contributed by atoms with Gasteiger partial charge in [-0.3, -0.25) is 9.59 Å². The smallest absolute Gasteiger partial charge is 0.244 e. The lowest BCUT2D eigenvalue weighted by Crippen LogP contribution is -2.21. The number of aromatic nitrogens is 2. The Hall–Kier alpha value is -4.59. The highest BCUT2D eigenvalue weighted by Crippen LogP contribution is 2.33. The Balaban J connectivity index is 1.28. The molecule has 2 heterocycles. The lowest BCUT2D eigenvalue weighted by Gasteiger charge is -2.16. The number of anilines is 1. The number of halogens is 2. The first-order valence-corrected chi connectivity index (χ1v) is 14.4. The predicted octanol–water partition coefficient (Wildman–Crippen LogP) is 7.82. The molecular weight excluding hydrogens is 583 g/mol.